The molecule has 2 aromatic rings. The van der Waals surface area contributed by atoms with Crippen LogP contribution in [0.25, 0.3) is 11.0 Å². The zero-order valence-electron chi connectivity index (χ0n) is 8.27. The second kappa shape index (κ2) is 3.90. The Bertz CT molecular complexity index is 507. The minimum absolute atomic E-state index is 0.425. The Morgan fingerprint density at radius 2 is 2.40 bits per heavy atom. The van der Waals surface area contributed by atoms with Crippen molar-refractivity contribution in [2.45, 2.75) is 0 Å². The van der Waals surface area contributed by atoms with Gasteiger partial charge in [0.25, 0.3) is 0 Å². The first-order valence-electron chi connectivity index (χ1n) is 4.45. The Kier molecular flexibility index (Phi) is 2.60. The second-order valence-corrected chi connectivity index (χ2v) is 3.42. The summed E-state index contributed by atoms with van der Waals surface area (Å²) in [5, 5.41) is 5.49. The number of rotatable bonds is 3. The Morgan fingerprint density at radius 1 is 1.60 bits per heavy atom. The van der Waals surface area contributed by atoms with Crippen molar-refractivity contribution < 1.29 is 4.74 Å². The van der Waals surface area contributed by atoms with Crippen molar-refractivity contribution in [3.8, 4) is 5.88 Å². The van der Waals surface area contributed by atoms with Crippen LogP contribution in [-0.2, 0) is 7.05 Å². The van der Waals surface area contributed by atoms with E-state index in [1.807, 2.05) is 6.07 Å². The lowest BCUT2D eigenvalue weighted by molar-refractivity contribution is 0.348. The third kappa shape index (κ3) is 1.80. The fourth-order valence-corrected chi connectivity index (χ4v) is 1.46. The molecule has 0 saturated heterocycles. The summed E-state index contributed by atoms with van der Waals surface area (Å²) in [5.74, 6) is 0.552. The first kappa shape index (κ1) is 9.98. The van der Waals surface area contributed by atoms with Crippen LogP contribution in [0.5, 0.6) is 5.88 Å². The number of hydrogen-bond acceptors (Lipinski definition) is 3. The predicted octanol–water partition coefficient (Wildman–Crippen LogP) is 2.19. The highest BCUT2D eigenvalue weighted by atomic mass is 35.5. The first-order valence-corrected chi connectivity index (χ1v) is 4.83. The molecular weight excluding hydrogens is 214 g/mol. The first-order chi connectivity index (χ1) is 7.22. The summed E-state index contributed by atoms with van der Waals surface area (Å²) in [6, 6.07) is 3.56. The summed E-state index contributed by atoms with van der Waals surface area (Å²) in [5.41, 5.74) is 0.710. The fraction of sp³-hybridized carbons (Fsp3) is 0.200. The number of nitrogens with zero attached hydrogens (tertiary/aromatic N) is 3. The quantitative estimate of drug-likeness (QED) is 0.592. The SMILES string of the molecule is C=CCOc1nn(C)c2nc(Cl)ccc12. The van der Waals surface area contributed by atoms with Gasteiger partial charge in [0.1, 0.15) is 11.8 Å². The van der Waals surface area contributed by atoms with Crippen LogP contribution in [0, 0.1) is 0 Å². The van der Waals surface area contributed by atoms with Gasteiger partial charge in [-0.3, -0.25) is 0 Å². The Hall–Kier alpha value is -1.55. The van der Waals surface area contributed by atoms with E-state index >= 15 is 0 Å². The molecule has 0 aromatic carbocycles. The molecule has 0 spiro atoms. The van der Waals surface area contributed by atoms with Gasteiger partial charge in [-0.15, -0.1) is 5.10 Å². The van der Waals surface area contributed by atoms with Gasteiger partial charge in [0.2, 0.25) is 5.88 Å². The van der Waals surface area contributed by atoms with Gasteiger partial charge in [0, 0.05) is 7.05 Å². The average Bonchev–Trinajstić information content (AvgIpc) is 2.53. The van der Waals surface area contributed by atoms with Crippen molar-refractivity contribution in [1.29, 1.82) is 0 Å². The van der Waals surface area contributed by atoms with E-state index in [0.717, 1.165) is 5.39 Å². The molecule has 0 bridgehead atoms. The molecule has 2 heterocycles. The normalized spacial score (nSPS) is 10.5. The summed E-state index contributed by atoms with van der Waals surface area (Å²) in [6.45, 7) is 4.01. The summed E-state index contributed by atoms with van der Waals surface area (Å²) < 4.78 is 7.03. The summed E-state index contributed by atoms with van der Waals surface area (Å²) in [7, 11) is 1.80. The van der Waals surface area contributed by atoms with Crippen LogP contribution >= 0.6 is 11.6 Å². The minimum atomic E-state index is 0.425. The van der Waals surface area contributed by atoms with Gasteiger partial charge in [-0.05, 0) is 12.1 Å². The molecule has 78 valence electrons. The van der Waals surface area contributed by atoms with Crippen molar-refractivity contribution in [2.24, 2.45) is 7.05 Å². The van der Waals surface area contributed by atoms with Crippen molar-refractivity contribution >= 4 is 22.6 Å². The smallest absolute Gasteiger partial charge is 0.242 e. The van der Waals surface area contributed by atoms with Gasteiger partial charge in [0.15, 0.2) is 5.65 Å². The second-order valence-electron chi connectivity index (χ2n) is 3.03. The van der Waals surface area contributed by atoms with Gasteiger partial charge >= 0.3 is 0 Å². The highest BCUT2D eigenvalue weighted by Gasteiger charge is 2.10. The Balaban J connectivity index is 2.52. The molecule has 15 heavy (non-hydrogen) atoms. The number of halogens is 1. The molecule has 0 aliphatic heterocycles. The van der Waals surface area contributed by atoms with Crippen molar-refractivity contribution in [3.05, 3.63) is 29.9 Å². The summed E-state index contributed by atoms with van der Waals surface area (Å²) in [6.07, 6.45) is 1.67. The monoisotopic (exact) mass is 223 g/mol. The van der Waals surface area contributed by atoms with Crippen LogP contribution < -0.4 is 4.74 Å². The minimum Gasteiger partial charge on any atom is -0.472 e. The maximum atomic E-state index is 5.80. The van der Waals surface area contributed by atoms with E-state index in [9.17, 15) is 0 Å². The molecule has 2 rings (SSSR count). The maximum absolute atomic E-state index is 5.80. The van der Waals surface area contributed by atoms with Crippen molar-refractivity contribution in [2.75, 3.05) is 6.61 Å². The van der Waals surface area contributed by atoms with Gasteiger partial charge < -0.3 is 4.74 Å². The van der Waals surface area contributed by atoms with Crippen LogP contribution in [-0.4, -0.2) is 21.4 Å². The standard InChI is InChI=1S/C10H10ClN3O/c1-3-6-15-10-7-4-5-8(11)12-9(7)14(2)13-10/h3-5H,1,6H2,2H3. The molecule has 0 N–H and O–H groups in total. The van der Waals surface area contributed by atoms with Gasteiger partial charge in [-0.1, -0.05) is 24.3 Å². The molecule has 0 aliphatic rings. The molecule has 0 radical (unpaired) electrons. The van der Waals surface area contributed by atoms with Crippen LogP contribution in [0.3, 0.4) is 0 Å². The van der Waals surface area contributed by atoms with Crippen LogP contribution in [0.1, 0.15) is 0 Å². The molecule has 0 saturated carbocycles. The van der Waals surface area contributed by atoms with Crippen LogP contribution in [0.15, 0.2) is 24.8 Å². The van der Waals surface area contributed by atoms with E-state index in [0.29, 0.717) is 23.3 Å². The molecule has 2 aromatic heterocycles. The summed E-state index contributed by atoms with van der Waals surface area (Å²) >= 11 is 5.80. The Morgan fingerprint density at radius 3 is 3.13 bits per heavy atom. The zero-order valence-corrected chi connectivity index (χ0v) is 9.03. The largest absolute Gasteiger partial charge is 0.472 e. The topological polar surface area (TPSA) is 39.9 Å². The fourth-order valence-electron chi connectivity index (χ4n) is 1.32. The zero-order chi connectivity index (χ0) is 10.8. The van der Waals surface area contributed by atoms with Crippen molar-refractivity contribution in [1.82, 2.24) is 14.8 Å². The van der Waals surface area contributed by atoms with Gasteiger partial charge in [-0.25, -0.2) is 9.67 Å². The molecule has 4 nitrogen and oxygen atoms in total. The molecule has 0 amide bonds. The molecule has 0 aliphatic carbocycles. The summed E-state index contributed by atoms with van der Waals surface area (Å²) in [4.78, 5) is 4.16. The number of ether oxygens (including phenoxy) is 1. The lowest BCUT2D eigenvalue weighted by Gasteiger charge is -1.97. The molecular formula is C10H10ClN3O. The van der Waals surface area contributed by atoms with E-state index in [1.54, 1.807) is 23.9 Å². The Labute approximate surface area is 92.1 Å². The lowest BCUT2D eigenvalue weighted by Crippen LogP contribution is -1.95. The maximum Gasteiger partial charge on any atom is 0.242 e. The van der Waals surface area contributed by atoms with Gasteiger partial charge in [-0.2, -0.15) is 0 Å². The van der Waals surface area contributed by atoms with E-state index in [-0.39, 0.29) is 0 Å². The van der Waals surface area contributed by atoms with Crippen molar-refractivity contribution in [3.63, 3.8) is 0 Å². The van der Waals surface area contributed by atoms with E-state index < -0.39 is 0 Å². The van der Waals surface area contributed by atoms with E-state index in [4.69, 9.17) is 16.3 Å². The molecule has 5 heteroatoms. The third-order valence-corrected chi connectivity index (χ3v) is 2.17. The van der Waals surface area contributed by atoms with Crippen LogP contribution in [0.4, 0.5) is 0 Å². The van der Waals surface area contributed by atoms with E-state index in [2.05, 4.69) is 16.7 Å². The molecule has 0 fully saturated rings. The number of pyridine rings is 1. The third-order valence-electron chi connectivity index (χ3n) is 1.96. The average molecular weight is 224 g/mol. The number of fused-ring (bicyclic) bond motifs is 1. The molecule has 0 atom stereocenters. The number of aryl methyl sites for hydroxylation is 1. The molecule has 0 unspecified atom stereocenters. The highest BCUT2D eigenvalue weighted by Crippen LogP contribution is 2.24. The number of aromatic nitrogens is 3. The predicted molar refractivity (Wildman–Crippen MR) is 59.2 cm³/mol. The lowest BCUT2D eigenvalue weighted by atomic mass is 10.3. The van der Waals surface area contributed by atoms with Crippen LogP contribution in [0.2, 0.25) is 5.15 Å². The van der Waals surface area contributed by atoms with Gasteiger partial charge in [0.05, 0.1) is 5.39 Å². The number of hydrogen-bond donors (Lipinski definition) is 0. The highest BCUT2D eigenvalue weighted by molar-refractivity contribution is 6.29. The van der Waals surface area contributed by atoms with E-state index in [1.165, 1.54) is 0 Å².